The lowest BCUT2D eigenvalue weighted by Gasteiger charge is -2.34. The number of anilines is 2. The topological polar surface area (TPSA) is 78.7 Å². The maximum absolute atomic E-state index is 12.3. The largest absolute Gasteiger partial charge is 0.397 e. The van der Waals surface area contributed by atoms with Crippen molar-refractivity contribution in [3.63, 3.8) is 0 Å². The van der Waals surface area contributed by atoms with E-state index in [1.165, 1.54) is 0 Å². The summed E-state index contributed by atoms with van der Waals surface area (Å²) in [6.45, 7) is 3.78. The number of benzene rings is 1. The zero-order chi connectivity index (χ0) is 16.3. The van der Waals surface area contributed by atoms with E-state index in [2.05, 4.69) is 17.3 Å². The summed E-state index contributed by atoms with van der Waals surface area (Å²) < 4.78 is 0. The average molecular weight is 304 g/mol. The highest BCUT2D eigenvalue weighted by Crippen LogP contribution is 2.20. The first-order valence-electron chi connectivity index (χ1n) is 7.51. The number of aryl methyl sites for hydroxylation is 1. The van der Waals surface area contributed by atoms with Crippen molar-refractivity contribution in [1.82, 2.24) is 9.80 Å². The maximum Gasteiger partial charge on any atom is 0.313 e. The zero-order valence-electron chi connectivity index (χ0n) is 13.4. The maximum atomic E-state index is 12.3. The van der Waals surface area contributed by atoms with Gasteiger partial charge in [-0.3, -0.25) is 9.59 Å². The van der Waals surface area contributed by atoms with Crippen LogP contribution in [0.2, 0.25) is 0 Å². The van der Waals surface area contributed by atoms with Gasteiger partial charge in [-0.15, -0.1) is 0 Å². The van der Waals surface area contributed by atoms with E-state index in [4.69, 9.17) is 5.73 Å². The van der Waals surface area contributed by atoms with Gasteiger partial charge in [-0.25, -0.2) is 0 Å². The SMILES string of the molecule is Cc1ccc(N)c(NC(=O)C(=O)N(C)C2CCN(C)CC2)c1. The molecule has 0 radical (unpaired) electrons. The van der Waals surface area contributed by atoms with Crippen molar-refractivity contribution in [2.45, 2.75) is 25.8 Å². The van der Waals surface area contributed by atoms with Crippen molar-refractivity contribution in [2.24, 2.45) is 0 Å². The summed E-state index contributed by atoms with van der Waals surface area (Å²) in [5.74, 6) is -1.16. The second-order valence-corrected chi connectivity index (χ2v) is 6.00. The summed E-state index contributed by atoms with van der Waals surface area (Å²) in [6.07, 6.45) is 1.78. The summed E-state index contributed by atoms with van der Waals surface area (Å²) in [5, 5.41) is 2.61. The molecule has 6 nitrogen and oxygen atoms in total. The third-order valence-corrected chi connectivity index (χ3v) is 4.21. The van der Waals surface area contributed by atoms with Crippen LogP contribution < -0.4 is 11.1 Å². The molecule has 1 saturated heterocycles. The number of rotatable bonds is 2. The van der Waals surface area contributed by atoms with Gasteiger partial charge in [-0.1, -0.05) is 6.07 Å². The standard InChI is InChI=1S/C16H24N4O2/c1-11-4-5-13(17)14(10-11)18-15(21)16(22)20(3)12-6-8-19(2)9-7-12/h4-5,10,12H,6-9,17H2,1-3H3,(H,18,21). The van der Waals surface area contributed by atoms with E-state index in [0.29, 0.717) is 11.4 Å². The van der Waals surface area contributed by atoms with Gasteiger partial charge in [0.15, 0.2) is 0 Å². The van der Waals surface area contributed by atoms with Crippen LogP contribution in [0.4, 0.5) is 11.4 Å². The number of carbonyl (C=O) groups excluding carboxylic acids is 2. The molecule has 1 aromatic rings. The highest BCUT2D eigenvalue weighted by molar-refractivity contribution is 6.39. The van der Waals surface area contributed by atoms with Crippen molar-refractivity contribution < 1.29 is 9.59 Å². The first kappa shape index (κ1) is 16.3. The Morgan fingerprint density at radius 3 is 2.59 bits per heavy atom. The molecular weight excluding hydrogens is 280 g/mol. The minimum absolute atomic E-state index is 0.115. The highest BCUT2D eigenvalue weighted by Gasteiger charge is 2.28. The van der Waals surface area contributed by atoms with Gasteiger partial charge in [-0.05, 0) is 57.6 Å². The molecule has 0 aromatic heterocycles. The van der Waals surface area contributed by atoms with Crippen LogP contribution in [0, 0.1) is 6.92 Å². The Labute approximate surface area is 131 Å². The molecule has 22 heavy (non-hydrogen) atoms. The predicted molar refractivity (Wildman–Crippen MR) is 87.5 cm³/mol. The van der Waals surface area contributed by atoms with Crippen LogP contribution in [0.25, 0.3) is 0 Å². The third kappa shape index (κ3) is 3.76. The second-order valence-electron chi connectivity index (χ2n) is 6.00. The third-order valence-electron chi connectivity index (χ3n) is 4.21. The summed E-state index contributed by atoms with van der Waals surface area (Å²) >= 11 is 0. The summed E-state index contributed by atoms with van der Waals surface area (Å²) in [7, 11) is 3.75. The van der Waals surface area contributed by atoms with Gasteiger partial charge in [0.05, 0.1) is 11.4 Å². The van der Waals surface area contributed by atoms with Crippen LogP contribution >= 0.6 is 0 Å². The highest BCUT2D eigenvalue weighted by atomic mass is 16.2. The fraction of sp³-hybridized carbons (Fsp3) is 0.500. The number of hydrogen-bond acceptors (Lipinski definition) is 4. The molecule has 1 aliphatic heterocycles. The smallest absolute Gasteiger partial charge is 0.313 e. The number of hydrogen-bond donors (Lipinski definition) is 2. The molecule has 0 unspecified atom stereocenters. The lowest BCUT2D eigenvalue weighted by atomic mass is 10.0. The number of likely N-dealkylation sites (N-methyl/N-ethyl adjacent to an activating group) is 1. The molecule has 0 atom stereocenters. The van der Waals surface area contributed by atoms with Crippen LogP contribution in [0.1, 0.15) is 18.4 Å². The molecule has 0 saturated carbocycles. The number of amides is 2. The normalized spacial score (nSPS) is 16.3. The Hall–Kier alpha value is -2.08. The number of nitrogens with zero attached hydrogens (tertiary/aromatic N) is 2. The molecule has 6 heteroatoms. The van der Waals surface area contributed by atoms with Crippen LogP contribution in [0.3, 0.4) is 0 Å². The second kappa shape index (κ2) is 6.79. The number of piperidine rings is 1. The van der Waals surface area contributed by atoms with Gasteiger partial charge in [0, 0.05) is 13.1 Å². The van der Waals surface area contributed by atoms with E-state index < -0.39 is 11.8 Å². The molecule has 120 valence electrons. The van der Waals surface area contributed by atoms with Crippen LogP contribution in [0.5, 0.6) is 0 Å². The molecule has 0 aliphatic carbocycles. The van der Waals surface area contributed by atoms with Gasteiger partial charge in [-0.2, -0.15) is 0 Å². The molecule has 2 rings (SSSR count). The van der Waals surface area contributed by atoms with E-state index >= 15 is 0 Å². The molecule has 2 amide bonds. The summed E-state index contributed by atoms with van der Waals surface area (Å²) in [5.41, 5.74) is 7.73. The van der Waals surface area contributed by atoms with Crippen molar-refractivity contribution in [2.75, 3.05) is 38.2 Å². The fourth-order valence-electron chi connectivity index (χ4n) is 2.66. The molecule has 3 N–H and O–H groups in total. The Bertz CT molecular complexity index is 565. The zero-order valence-corrected chi connectivity index (χ0v) is 13.4. The lowest BCUT2D eigenvalue weighted by Crippen LogP contribution is -2.47. The van der Waals surface area contributed by atoms with Crippen LogP contribution in [-0.2, 0) is 9.59 Å². The van der Waals surface area contributed by atoms with E-state index in [1.54, 1.807) is 24.1 Å². The first-order chi connectivity index (χ1) is 10.4. The van der Waals surface area contributed by atoms with Crippen molar-refractivity contribution in [3.05, 3.63) is 23.8 Å². The van der Waals surface area contributed by atoms with Crippen molar-refractivity contribution >= 4 is 23.2 Å². The Balaban J connectivity index is 1.99. The first-order valence-corrected chi connectivity index (χ1v) is 7.51. The van der Waals surface area contributed by atoms with Crippen molar-refractivity contribution in [3.8, 4) is 0 Å². The van der Waals surface area contributed by atoms with Crippen LogP contribution in [0.15, 0.2) is 18.2 Å². The lowest BCUT2D eigenvalue weighted by molar-refractivity contribution is -0.144. The van der Waals surface area contributed by atoms with E-state index in [1.807, 2.05) is 13.0 Å². The fourth-order valence-corrected chi connectivity index (χ4v) is 2.66. The number of carbonyl (C=O) groups is 2. The number of nitrogens with two attached hydrogens (primary N) is 1. The van der Waals surface area contributed by atoms with E-state index in [9.17, 15) is 9.59 Å². The van der Waals surface area contributed by atoms with E-state index in [0.717, 1.165) is 31.5 Å². The molecule has 1 aliphatic rings. The number of likely N-dealkylation sites (tertiary alicyclic amines) is 1. The number of nitrogen functional groups attached to an aromatic ring is 1. The summed E-state index contributed by atoms with van der Waals surface area (Å²) in [4.78, 5) is 28.2. The minimum atomic E-state index is -0.640. The average Bonchev–Trinajstić information content (AvgIpc) is 2.50. The monoisotopic (exact) mass is 304 g/mol. The Kier molecular flexibility index (Phi) is 5.03. The van der Waals surface area contributed by atoms with Crippen molar-refractivity contribution in [1.29, 1.82) is 0 Å². The van der Waals surface area contributed by atoms with Gasteiger partial charge < -0.3 is 20.9 Å². The summed E-state index contributed by atoms with van der Waals surface area (Å²) in [6, 6.07) is 5.45. The van der Waals surface area contributed by atoms with E-state index in [-0.39, 0.29) is 6.04 Å². The molecule has 1 aromatic carbocycles. The molecular formula is C16H24N4O2. The molecule has 1 heterocycles. The Morgan fingerprint density at radius 2 is 1.95 bits per heavy atom. The minimum Gasteiger partial charge on any atom is -0.397 e. The van der Waals surface area contributed by atoms with Crippen LogP contribution in [-0.4, -0.2) is 54.8 Å². The van der Waals surface area contributed by atoms with Gasteiger partial charge >= 0.3 is 11.8 Å². The molecule has 1 fully saturated rings. The predicted octanol–water partition coefficient (Wildman–Crippen LogP) is 1.07. The molecule has 0 spiro atoms. The quantitative estimate of drug-likeness (QED) is 0.633. The van der Waals surface area contributed by atoms with Gasteiger partial charge in [0.2, 0.25) is 0 Å². The van der Waals surface area contributed by atoms with Gasteiger partial charge in [0.25, 0.3) is 0 Å². The number of nitrogens with one attached hydrogen (secondary N) is 1. The van der Waals surface area contributed by atoms with Gasteiger partial charge in [0.1, 0.15) is 0 Å². The molecule has 0 bridgehead atoms. The Morgan fingerprint density at radius 1 is 1.32 bits per heavy atom.